The lowest BCUT2D eigenvalue weighted by atomic mass is 10.3. The highest BCUT2D eigenvalue weighted by molar-refractivity contribution is 5.82. The first-order valence-electron chi connectivity index (χ1n) is 6.63. The molecule has 0 aliphatic carbocycles. The van der Waals surface area contributed by atoms with E-state index in [0.717, 1.165) is 20.6 Å². The average Bonchev–Trinajstić information content (AvgIpc) is 2.58. The van der Waals surface area contributed by atoms with Gasteiger partial charge in [-0.15, -0.1) is 9.72 Å². The van der Waals surface area contributed by atoms with Gasteiger partial charge in [-0.3, -0.25) is 5.32 Å². The lowest BCUT2D eigenvalue weighted by Gasteiger charge is -2.23. The molecule has 0 radical (unpaired) electrons. The van der Waals surface area contributed by atoms with E-state index in [2.05, 4.69) is 29.8 Å². The monoisotopic (exact) mass is 324 g/mol. The molecule has 124 valence electrons. The van der Waals surface area contributed by atoms with E-state index in [4.69, 9.17) is 0 Å². The van der Waals surface area contributed by atoms with Gasteiger partial charge in [-0.25, -0.2) is 9.59 Å². The summed E-state index contributed by atoms with van der Waals surface area (Å²) in [5, 5.41) is 12.2. The molecule has 11 heteroatoms. The summed E-state index contributed by atoms with van der Waals surface area (Å²) in [5.41, 5.74) is -0.386. The number of rotatable bonds is 2. The van der Waals surface area contributed by atoms with E-state index in [1.54, 1.807) is 4.90 Å². The number of nitrogens with zero attached hydrogens (tertiary/aromatic N) is 5. The Kier molecular flexibility index (Phi) is 5.12. The lowest BCUT2D eigenvalue weighted by Crippen LogP contribution is -2.35. The average molecular weight is 324 g/mol. The van der Waals surface area contributed by atoms with E-state index in [1.165, 1.54) is 0 Å². The highest BCUT2D eigenvalue weighted by Crippen LogP contribution is 2.12. The summed E-state index contributed by atoms with van der Waals surface area (Å²) in [7, 11) is 2.30. The molecule has 1 aliphatic heterocycles. The van der Waals surface area contributed by atoms with Gasteiger partial charge in [-0.05, 0) is 6.42 Å². The van der Waals surface area contributed by atoms with Gasteiger partial charge in [-0.2, -0.15) is 9.97 Å². The van der Waals surface area contributed by atoms with Crippen molar-refractivity contribution >= 4 is 24.1 Å². The predicted molar refractivity (Wildman–Crippen MR) is 77.2 cm³/mol. The minimum Gasteiger partial charge on any atom is -0.453 e. The van der Waals surface area contributed by atoms with Gasteiger partial charge in [-0.1, -0.05) is 12.2 Å². The number of carbonyl (C=O) groups excluding carboxylic acids is 2. The highest BCUT2D eigenvalue weighted by atomic mass is 16.5. The van der Waals surface area contributed by atoms with Crippen LogP contribution in [0.3, 0.4) is 0 Å². The van der Waals surface area contributed by atoms with E-state index < -0.39 is 12.2 Å². The van der Waals surface area contributed by atoms with Gasteiger partial charge in [0.25, 0.3) is 11.6 Å². The number of hydrogen-bond acceptors (Lipinski definition) is 8. The summed E-state index contributed by atoms with van der Waals surface area (Å²) in [5.74, 6) is -0.104. The second-order valence-electron chi connectivity index (χ2n) is 4.36. The maximum atomic E-state index is 11.3. The number of anilines is 2. The van der Waals surface area contributed by atoms with Crippen molar-refractivity contribution in [3.8, 4) is 0 Å². The van der Waals surface area contributed by atoms with Crippen LogP contribution in [0.2, 0.25) is 0 Å². The number of aromatic nitrogens is 3. The van der Waals surface area contributed by atoms with E-state index in [9.17, 15) is 14.8 Å². The molecule has 23 heavy (non-hydrogen) atoms. The van der Waals surface area contributed by atoms with Crippen molar-refractivity contribution in [2.45, 2.75) is 6.42 Å². The molecule has 11 nitrogen and oxygen atoms in total. The van der Waals surface area contributed by atoms with Crippen molar-refractivity contribution in [3.63, 3.8) is 0 Å². The van der Waals surface area contributed by atoms with Crippen LogP contribution in [-0.2, 0) is 9.47 Å². The third-order valence-corrected chi connectivity index (χ3v) is 2.90. The zero-order chi connectivity index (χ0) is 16.8. The zero-order valence-corrected chi connectivity index (χ0v) is 12.6. The van der Waals surface area contributed by atoms with Crippen LogP contribution in [0.1, 0.15) is 6.42 Å². The summed E-state index contributed by atoms with van der Waals surface area (Å²) in [6, 6.07) is 0. The molecule has 0 spiro atoms. The quantitative estimate of drug-likeness (QED) is 0.579. The van der Waals surface area contributed by atoms with E-state index in [1.807, 2.05) is 12.2 Å². The molecule has 2 amide bonds. The van der Waals surface area contributed by atoms with Crippen LogP contribution in [0, 0.1) is 0 Å². The second-order valence-corrected chi connectivity index (χ2v) is 4.36. The SMILES string of the molecule is COC(=O)N=c1nc(N2CC=CCC2)nc(NC(=O)OC)n1O. The first-order chi connectivity index (χ1) is 11.0. The van der Waals surface area contributed by atoms with Crippen LogP contribution in [0.25, 0.3) is 0 Å². The molecule has 0 fully saturated rings. The van der Waals surface area contributed by atoms with Crippen LogP contribution in [0.5, 0.6) is 0 Å². The zero-order valence-electron chi connectivity index (χ0n) is 12.6. The Bertz CT molecular complexity index is 698. The molecular weight excluding hydrogens is 308 g/mol. The van der Waals surface area contributed by atoms with E-state index in [0.29, 0.717) is 17.8 Å². The van der Waals surface area contributed by atoms with Gasteiger partial charge in [0.1, 0.15) is 0 Å². The molecule has 0 saturated carbocycles. The van der Waals surface area contributed by atoms with Gasteiger partial charge < -0.3 is 19.6 Å². The largest absolute Gasteiger partial charge is 0.453 e. The molecule has 1 aliphatic rings. The Hall–Kier alpha value is -3.11. The molecule has 0 atom stereocenters. The van der Waals surface area contributed by atoms with Crippen molar-refractivity contribution in [3.05, 3.63) is 17.8 Å². The first-order valence-corrected chi connectivity index (χ1v) is 6.63. The number of nitrogens with one attached hydrogen (secondary N) is 1. The van der Waals surface area contributed by atoms with Crippen molar-refractivity contribution in [2.75, 3.05) is 37.5 Å². The Labute approximate surface area is 130 Å². The summed E-state index contributed by atoms with van der Waals surface area (Å²) in [4.78, 5) is 36.0. The molecule has 0 unspecified atom stereocenters. The summed E-state index contributed by atoms with van der Waals surface area (Å²) in [6.07, 6.45) is 2.93. The van der Waals surface area contributed by atoms with E-state index >= 15 is 0 Å². The molecule has 2 heterocycles. The Morgan fingerprint density at radius 3 is 2.70 bits per heavy atom. The van der Waals surface area contributed by atoms with Crippen LogP contribution in [-0.4, -0.2) is 59.4 Å². The first kappa shape index (κ1) is 16.3. The fraction of sp³-hybridized carbons (Fsp3) is 0.417. The molecule has 0 bridgehead atoms. The van der Waals surface area contributed by atoms with Gasteiger partial charge in [0.2, 0.25) is 5.95 Å². The van der Waals surface area contributed by atoms with Gasteiger partial charge in [0.05, 0.1) is 14.2 Å². The minimum atomic E-state index is -0.958. The Morgan fingerprint density at radius 1 is 1.30 bits per heavy atom. The van der Waals surface area contributed by atoms with E-state index in [-0.39, 0.29) is 17.5 Å². The van der Waals surface area contributed by atoms with Crippen LogP contribution >= 0.6 is 0 Å². The third-order valence-electron chi connectivity index (χ3n) is 2.90. The lowest BCUT2D eigenvalue weighted by molar-refractivity contribution is 0.158. The maximum absolute atomic E-state index is 11.3. The normalized spacial score (nSPS) is 14.5. The number of methoxy groups -OCH3 is 2. The van der Waals surface area contributed by atoms with Crippen LogP contribution in [0.4, 0.5) is 21.5 Å². The van der Waals surface area contributed by atoms with Gasteiger partial charge >= 0.3 is 12.2 Å². The molecule has 1 aromatic rings. The molecule has 1 aromatic heterocycles. The van der Waals surface area contributed by atoms with Crippen LogP contribution in [0.15, 0.2) is 17.1 Å². The molecular formula is C12H16N6O5. The third kappa shape index (κ3) is 3.96. The van der Waals surface area contributed by atoms with Crippen molar-refractivity contribution in [1.82, 2.24) is 14.7 Å². The van der Waals surface area contributed by atoms with Gasteiger partial charge in [0, 0.05) is 13.1 Å². The second kappa shape index (κ2) is 7.24. The van der Waals surface area contributed by atoms with Crippen molar-refractivity contribution in [1.29, 1.82) is 0 Å². The number of amides is 2. The maximum Gasteiger partial charge on any atom is 0.436 e. The summed E-state index contributed by atoms with van der Waals surface area (Å²) in [6.45, 7) is 1.19. The smallest absolute Gasteiger partial charge is 0.436 e. The van der Waals surface area contributed by atoms with Gasteiger partial charge in [0.15, 0.2) is 0 Å². The molecule has 0 aromatic carbocycles. The number of ether oxygens (including phenoxy) is 2. The Balaban J connectivity index is 2.50. The topological polar surface area (TPSA) is 131 Å². The standard InChI is InChI=1S/C12H16N6O5/c1-22-11(19)15-9-13-8(17-6-4-3-5-7-17)14-10(18(9)21)16-12(20)23-2/h3-4,21H,5-7H2,1-2H3,(H,13,14,15,16,19,20). The Morgan fingerprint density at radius 2 is 2.09 bits per heavy atom. The molecule has 2 rings (SSSR count). The number of hydrogen-bond donors (Lipinski definition) is 2. The summed E-state index contributed by atoms with van der Waals surface area (Å²) >= 11 is 0. The van der Waals surface area contributed by atoms with Crippen molar-refractivity contribution < 1.29 is 24.3 Å². The fourth-order valence-electron chi connectivity index (χ4n) is 1.79. The minimum absolute atomic E-state index is 0.189. The molecule has 0 saturated heterocycles. The molecule has 2 N–H and O–H groups in total. The van der Waals surface area contributed by atoms with Crippen molar-refractivity contribution in [2.24, 2.45) is 4.99 Å². The predicted octanol–water partition coefficient (Wildman–Crippen LogP) is 0.127. The number of carbonyl (C=O) groups is 2. The fourth-order valence-corrected chi connectivity index (χ4v) is 1.79. The van der Waals surface area contributed by atoms with Crippen LogP contribution < -0.4 is 15.8 Å². The summed E-state index contributed by atoms with van der Waals surface area (Å²) < 4.78 is 9.22. The highest BCUT2D eigenvalue weighted by Gasteiger charge is 2.17.